The smallest absolute Gasteiger partial charge is 0.251 e. The fraction of sp³-hybridized carbons (Fsp3) is 0.333. The van der Waals surface area contributed by atoms with Crippen LogP contribution in [-0.2, 0) is 9.53 Å². The summed E-state index contributed by atoms with van der Waals surface area (Å²) in [6.45, 7) is 2.43. The van der Waals surface area contributed by atoms with Gasteiger partial charge in [-0.3, -0.25) is 4.79 Å². The highest BCUT2D eigenvalue weighted by atomic mass is 79.9. The molecule has 0 spiro atoms. The lowest BCUT2D eigenvalue weighted by atomic mass is 10.4. The van der Waals surface area contributed by atoms with Gasteiger partial charge in [-0.2, -0.15) is 0 Å². The van der Waals surface area contributed by atoms with E-state index in [2.05, 4.69) is 26.2 Å². The third kappa shape index (κ3) is 3.85. The molecule has 1 heterocycles. The highest BCUT2D eigenvalue weighted by molar-refractivity contribution is 9.10. The normalized spacial score (nSPS) is 9.86. The third-order valence-electron chi connectivity index (χ3n) is 1.43. The number of halogens is 1. The van der Waals surface area contributed by atoms with Crippen molar-refractivity contribution in [1.29, 1.82) is 0 Å². The van der Waals surface area contributed by atoms with Crippen molar-refractivity contribution in [2.45, 2.75) is 6.92 Å². The van der Waals surface area contributed by atoms with Crippen LogP contribution in [0.2, 0.25) is 0 Å². The van der Waals surface area contributed by atoms with Crippen LogP contribution in [0, 0.1) is 0 Å². The number of pyridine rings is 1. The predicted octanol–water partition coefficient (Wildman–Crippen LogP) is 1.82. The van der Waals surface area contributed by atoms with Gasteiger partial charge < -0.3 is 10.1 Å². The van der Waals surface area contributed by atoms with Crippen LogP contribution in [0.1, 0.15) is 6.92 Å². The molecule has 1 rings (SSSR count). The van der Waals surface area contributed by atoms with E-state index in [1.807, 2.05) is 6.92 Å². The second-order valence-corrected chi connectivity index (χ2v) is 3.46. The Kier molecular flexibility index (Phi) is 4.55. The molecule has 0 bridgehead atoms. The van der Waals surface area contributed by atoms with Gasteiger partial charge in [0.25, 0.3) is 5.91 Å². The molecule has 0 aliphatic heterocycles. The zero-order valence-corrected chi connectivity index (χ0v) is 9.37. The number of amides is 1. The molecule has 0 saturated heterocycles. The lowest BCUT2D eigenvalue weighted by Gasteiger charge is -2.03. The van der Waals surface area contributed by atoms with Crippen LogP contribution in [-0.4, -0.2) is 24.1 Å². The van der Waals surface area contributed by atoms with Crippen LogP contribution >= 0.6 is 15.9 Å². The molecule has 14 heavy (non-hydrogen) atoms. The predicted molar refractivity (Wildman–Crippen MR) is 57.1 cm³/mol. The van der Waals surface area contributed by atoms with Gasteiger partial charge in [0.2, 0.25) is 0 Å². The van der Waals surface area contributed by atoms with Crippen molar-refractivity contribution in [3.63, 3.8) is 0 Å². The lowest BCUT2D eigenvalue weighted by molar-refractivity contribution is -0.120. The summed E-state index contributed by atoms with van der Waals surface area (Å²) in [5.41, 5.74) is 0. The molecule has 76 valence electrons. The van der Waals surface area contributed by atoms with E-state index in [4.69, 9.17) is 4.74 Å². The molecule has 0 radical (unpaired) electrons. The fourth-order valence-corrected chi connectivity index (χ4v) is 1.18. The summed E-state index contributed by atoms with van der Waals surface area (Å²) in [7, 11) is 0. The van der Waals surface area contributed by atoms with Crippen LogP contribution in [0.4, 0.5) is 5.82 Å². The third-order valence-corrected chi connectivity index (χ3v) is 1.92. The lowest BCUT2D eigenvalue weighted by Crippen LogP contribution is -2.18. The van der Waals surface area contributed by atoms with Gasteiger partial charge in [0.1, 0.15) is 12.4 Å². The van der Waals surface area contributed by atoms with Gasteiger partial charge in [-0.25, -0.2) is 4.98 Å². The van der Waals surface area contributed by atoms with Crippen molar-refractivity contribution in [2.75, 3.05) is 18.5 Å². The molecule has 1 amide bonds. The average Bonchev–Trinajstić information content (AvgIpc) is 2.15. The number of rotatable bonds is 4. The van der Waals surface area contributed by atoms with Crippen LogP contribution in [0.5, 0.6) is 0 Å². The van der Waals surface area contributed by atoms with E-state index < -0.39 is 0 Å². The first-order valence-electron chi connectivity index (χ1n) is 4.21. The van der Waals surface area contributed by atoms with Gasteiger partial charge in [0.05, 0.1) is 0 Å². The largest absolute Gasteiger partial charge is 0.372 e. The maximum Gasteiger partial charge on any atom is 0.251 e. The summed E-state index contributed by atoms with van der Waals surface area (Å²) in [6, 6.07) is 3.52. The molecule has 0 fully saturated rings. The number of ether oxygens (including phenoxy) is 1. The maximum atomic E-state index is 11.2. The van der Waals surface area contributed by atoms with Crippen LogP contribution in [0.25, 0.3) is 0 Å². The molecule has 0 unspecified atom stereocenters. The zero-order chi connectivity index (χ0) is 10.4. The Hall–Kier alpha value is -0.940. The number of hydrogen-bond donors (Lipinski definition) is 1. The van der Waals surface area contributed by atoms with Gasteiger partial charge in [-0.15, -0.1) is 0 Å². The Morgan fingerprint density at radius 3 is 3.14 bits per heavy atom. The molecule has 1 N–H and O–H groups in total. The van der Waals surface area contributed by atoms with Gasteiger partial charge >= 0.3 is 0 Å². The molecule has 0 aliphatic rings. The van der Waals surface area contributed by atoms with E-state index in [9.17, 15) is 4.79 Å². The Bertz CT molecular complexity index is 317. The molecular weight excluding hydrogens is 248 g/mol. The quantitative estimate of drug-likeness (QED) is 0.897. The van der Waals surface area contributed by atoms with E-state index >= 15 is 0 Å². The minimum atomic E-state index is -0.197. The second-order valence-electron chi connectivity index (χ2n) is 2.54. The average molecular weight is 259 g/mol. The first-order chi connectivity index (χ1) is 6.72. The number of aromatic nitrogens is 1. The SMILES string of the molecule is CCOCC(=O)Nc1cc(Br)ccn1. The molecule has 5 heteroatoms. The number of carbonyl (C=O) groups is 1. The summed E-state index contributed by atoms with van der Waals surface area (Å²) in [4.78, 5) is 15.2. The molecule has 1 aromatic rings. The highest BCUT2D eigenvalue weighted by Crippen LogP contribution is 2.12. The van der Waals surface area contributed by atoms with E-state index in [0.717, 1.165) is 4.47 Å². The van der Waals surface area contributed by atoms with E-state index in [1.165, 1.54) is 0 Å². The number of carbonyl (C=O) groups excluding carboxylic acids is 1. The number of hydrogen-bond acceptors (Lipinski definition) is 3. The van der Waals surface area contributed by atoms with Gasteiger partial charge in [-0.1, -0.05) is 15.9 Å². The van der Waals surface area contributed by atoms with E-state index in [1.54, 1.807) is 18.3 Å². The standard InChI is InChI=1S/C9H11BrN2O2/c1-2-14-6-9(13)12-8-5-7(10)3-4-11-8/h3-5H,2,6H2,1H3,(H,11,12,13). The van der Waals surface area contributed by atoms with Crippen molar-refractivity contribution in [3.8, 4) is 0 Å². The molecule has 1 aromatic heterocycles. The minimum Gasteiger partial charge on any atom is -0.372 e. The van der Waals surface area contributed by atoms with Crippen LogP contribution in [0.3, 0.4) is 0 Å². The van der Waals surface area contributed by atoms with Gasteiger partial charge in [-0.05, 0) is 19.1 Å². The van der Waals surface area contributed by atoms with Crippen molar-refractivity contribution in [2.24, 2.45) is 0 Å². The van der Waals surface area contributed by atoms with E-state index in [-0.39, 0.29) is 12.5 Å². The summed E-state index contributed by atoms with van der Waals surface area (Å²) in [5.74, 6) is 0.321. The van der Waals surface area contributed by atoms with Crippen LogP contribution in [0.15, 0.2) is 22.8 Å². The Morgan fingerprint density at radius 1 is 1.71 bits per heavy atom. The molecule has 0 atom stereocenters. The molecular formula is C9H11BrN2O2. The highest BCUT2D eigenvalue weighted by Gasteiger charge is 2.02. The van der Waals surface area contributed by atoms with Gasteiger partial charge in [0.15, 0.2) is 0 Å². The minimum absolute atomic E-state index is 0.0602. The second kappa shape index (κ2) is 5.72. The molecule has 0 saturated carbocycles. The Balaban J connectivity index is 2.47. The molecule has 0 aliphatic carbocycles. The van der Waals surface area contributed by atoms with Crippen molar-refractivity contribution in [3.05, 3.63) is 22.8 Å². The Labute approximate surface area is 90.8 Å². The van der Waals surface area contributed by atoms with Crippen molar-refractivity contribution < 1.29 is 9.53 Å². The first kappa shape index (κ1) is 11.1. The first-order valence-corrected chi connectivity index (χ1v) is 5.01. The Morgan fingerprint density at radius 2 is 2.50 bits per heavy atom. The number of anilines is 1. The topological polar surface area (TPSA) is 51.2 Å². The molecule has 4 nitrogen and oxygen atoms in total. The van der Waals surface area contributed by atoms with Crippen LogP contribution < -0.4 is 5.32 Å². The monoisotopic (exact) mass is 258 g/mol. The summed E-state index contributed by atoms with van der Waals surface area (Å²) >= 11 is 3.28. The summed E-state index contributed by atoms with van der Waals surface area (Å²) < 4.78 is 5.82. The summed E-state index contributed by atoms with van der Waals surface area (Å²) in [6.07, 6.45) is 1.61. The van der Waals surface area contributed by atoms with E-state index in [0.29, 0.717) is 12.4 Å². The van der Waals surface area contributed by atoms with Crippen molar-refractivity contribution in [1.82, 2.24) is 4.98 Å². The number of nitrogens with one attached hydrogen (secondary N) is 1. The van der Waals surface area contributed by atoms with Gasteiger partial charge in [0, 0.05) is 17.3 Å². The number of nitrogens with zero attached hydrogens (tertiary/aromatic N) is 1. The van der Waals surface area contributed by atoms with Crippen molar-refractivity contribution >= 4 is 27.7 Å². The maximum absolute atomic E-state index is 11.2. The molecule has 0 aromatic carbocycles. The summed E-state index contributed by atoms with van der Waals surface area (Å²) in [5, 5.41) is 2.61. The fourth-order valence-electron chi connectivity index (χ4n) is 0.847. The zero-order valence-electron chi connectivity index (χ0n) is 7.79.